The number of urea groups is 1. The summed E-state index contributed by atoms with van der Waals surface area (Å²) in [5.41, 5.74) is 3.51. The molecule has 3 unspecified atom stereocenters. The van der Waals surface area contributed by atoms with Gasteiger partial charge in [-0.3, -0.25) is 4.79 Å². The van der Waals surface area contributed by atoms with Crippen LogP contribution < -0.4 is 0 Å². The summed E-state index contributed by atoms with van der Waals surface area (Å²) in [6, 6.07) is 8.49. The number of aromatic nitrogens is 2. The van der Waals surface area contributed by atoms with Crippen LogP contribution in [0.3, 0.4) is 0 Å². The SMILES string of the molecule is O=C(C(O)C1CCN(C(=O)N2CCC2)CC1)N1CCC(C(O)CC2c3ccccc3-c3cncn32)CC1. The third kappa shape index (κ3) is 4.52. The highest BCUT2D eigenvalue weighted by Crippen LogP contribution is 2.42. The van der Waals surface area contributed by atoms with E-state index in [0.717, 1.165) is 38.0 Å². The predicted octanol–water partition coefficient (Wildman–Crippen LogP) is 2.34. The topological polar surface area (TPSA) is 102 Å². The zero-order valence-electron chi connectivity index (χ0n) is 21.3. The molecule has 37 heavy (non-hydrogen) atoms. The highest BCUT2D eigenvalue weighted by atomic mass is 16.3. The first-order valence-corrected chi connectivity index (χ1v) is 13.8. The van der Waals surface area contributed by atoms with Crippen molar-refractivity contribution in [2.24, 2.45) is 11.8 Å². The van der Waals surface area contributed by atoms with Gasteiger partial charge in [-0.2, -0.15) is 0 Å². The number of aliphatic hydroxyl groups excluding tert-OH is 2. The number of carbonyl (C=O) groups excluding carboxylic acids is 2. The van der Waals surface area contributed by atoms with Crippen molar-refractivity contribution in [2.45, 2.75) is 56.8 Å². The highest BCUT2D eigenvalue weighted by molar-refractivity contribution is 5.81. The Morgan fingerprint density at radius 3 is 2.24 bits per heavy atom. The lowest BCUT2D eigenvalue weighted by Gasteiger charge is -2.41. The van der Waals surface area contributed by atoms with E-state index in [9.17, 15) is 19.8 Å². The molecule has 6 rings (SSSR count). The van der Waals surface area contributed by atoms with E-state index in [-0.39, 0.29) is 29.8 Å². The van der Waals surface area contributed by atoms with Crippen molar-refractivity contribution < 1.29 is 19.8 Å². The molecule has 1 aromatic carbocycles. The molecule has 198 valence electrons. The Balaban J connectivity index is 0.993. The first-order chi connectivity index (χ1) is 18.0. The van der Waals surface area contributed by atoms with E-state index in [1.54, 1.807) is 4.90 Å². The van der Waals surface area contributed by atoms with E-state index >= 15 is 0 Å². The number of benzene rings is 1. The van der Waals surface area contributed by atoms with E-state index in [2.05, 4.69) is 21.7 Å². The summed E-state index contributed by atoms with van der Waals surface area (Å²) in [5.74, 6) is -0.187. The van der Waals surface area contributed by atoms with Crippen LogP contribution >= 0.6 is 0 Å². The minimum atomic E-state index is -1.02. The Hall–Kier alpha value is -2.91. The number of likely N-dealkylation sites (tertiary alicyclic amines) is 3. The maximum absolute atomic E-state index is 13.1. The number of hydrogen-bond donors (Lipinski definition) is 2. The number of imidazole rings is 1. The molecule has 0 saturated carbocycles. The van der Waals surface area contributed by atoms with Crippen LogP contribution in [0, 0.1) is 11.8 Å². The molecular formula is C28H37N5O4. The minimum Gasteiger partial charge on any atom is -0.393 e. The third-order valence-electron chi connectivity index (χ3n) is 9.09. The Bertz CT molecular complexity index is 1130. The molecule has 3 atom stereocenters. The summed E-state index contributed by atoms with van der Waals surface area (Å²) in [7, 11) is 0. The lowest BCUT2D eigenvalue weighted by Crippen LogP contribution is -2.53. The van der Waals surface area contributed by atoms with Gasteiger partial charge in [-0.05, 0) is 55.9 Å². The second-order valence-electron chi connectivity index (χ2n) is 11.1. The molecule has 3 saturated heterocycles. The Morgan fingerprint density at radius 2 is 1.54 bits per heavy atom. The van der Waals surface area contributed by atoms with Crippen molar-refractivity contribution in [3.63, 3.8) is 0 Å². The maximum atomic E-state index is 13.1. The molecule has 4 aliphatic heterocycles. The molecule has 3 amide bonds. The molecule has 9 nitrogen and oxygen atoms in total. The normalized spacial score (nSPS) is 23.8. The Labute approximate surface area is 217 Å². The molecule has 3 fully saturated rings. The molecule has 0 aliphatic carbocycles. The fourth-order valence-electron chi connectivity index (χ4n) is 6.60. The molecule has 4 aliphatic rings. The van der Waals surface area contributed by atoms with Crippen LogP contribution in [0.2, 0.25) is 0 Å². The van der Waals surface area contributed by atoms with Gasteiger partial charge in [0.2, 0.25) is 0 Å². The van der Waals surface area contributed by atoms with Gasteiger partial charge >= 0.3 is 6.03 Å². The van der Waals surface area contributed by atoms with Gasteiger partial charge in [-0.25, -0.2) is 9.78 Å². The van der Waals surface area contributed by atoms with Gasteiger partial charge in [0, 0.05) is 44.8 Å². The number of hydrogen-bond acceptors (Lipinski definition) is 5. The summed E-state index contributed by atoms with van der Waals surface area (Å²) in [6.07, 6.45) is 6.71. The van der Waals surface area contributed by atoms with Crippen molar-refractivity contribution in [2.75, 3.05) is 39.3 Å². The van der Waals surface area contributed by atoms with Crippen molar-refractivity contribution in [1.82, 2.24) is 24.3 Å². The average molecular weight is 508 g/mol. The molecular weight excluding hydrogens is 470 g/mol. The first-order valence-electron chi connectivity index (χ1n) is 13.8. The van der Waals surface area contributed by atoms with E-state index in [0.29, 0.717) is 45.4 Å². The molecule has 2 aromatic rings. The van der Waals surface area contributed by atoms with Crippen LogP contribution in [-0.2, 0) is 4.79 Å². The minimum absolute atomic E-state index is 0.0732. The van der Waals surface area contributed by atoms with Crippen LogP contribution in [-0.4, -0.2) is 97.9 Å². The molecule has 2 N–H and O–H groups in total. The first kappa shape index (κ1) is 24.4. The fraction of sp³-hybridized carbons (Fsp3) is 0.607. The number of amides is 3. The average Bonchev–Trinajstić information content (AvgIpc) is 3.49. The summed E-state index contributed by atoms with van der Waals surface area (Å²) >= 11 is 0. The summed E-state index contributed by atoms with van der Waals surface area (Å²) in [6.45, 7) is 3.98. The zero-order chi connectivity index (χ0) is 25.5. The highest BCUT2D eigenvalue weighted by Gasteiger charge is 2.38. The van der Waals surface area contributed by atoms with Gasteiger partial charge < -0.3 is 29.5 Å². The van der Waals surface area contributed by atoms with Crippen molar-refractivity contribution >= 4 is 11.9 Å². The van der Waals surface area contributed by atoms with Gasteiger partial charge in [0.1, 0.15) is 6.10 Å². The van der Waals surface area contributed by atoms with E-state index < -0.39 is 12.2 Å². The quantitative estimate of drug-likeness (QED) is 0.647. The molecule has 5 heterocycles. The standard InChI is InChI=1S/C28H37N5O4/c34-25(16-23-21-4-1-2-5-22(21)24-17-29-18-33(23)24)19-6-12-30(13-7-19)27(36)26(35)20-8-14-32(15-9-20)28(37)31-10-3-11-31/h1-2,4-5,17-20,23,25-26,34-35H,3,6-16H2. The zero-order valence-corrected chi connectivity index (χ0v) is 21.3. The molecule has 1 aromatic heterocycles. The number of aliphatic hydroxyl groups is 2. The second-order valence-corrected chi connectivity index (χ2v) is 11.1. The van der Waals surface area contributed by atoms with Gasteiger partial charge in [0.15, 0.2) is 0 Å². The van der Waals surface area contributed by atoms with Crippen molar-refractivity contribution in [3.8, 4) is 11.3 Å². The number of rotatable bonds is 5. The van der Waals surface area contributed by atoms with Gasteiger partial charge in [0.05, 0.1) is 30.4 Å². The van der Waals surface area contributed by atoms with Crippen molar-refractivity contribution in [3.05, 3.63) is 42.4 Å². The Kier molecular flexibility index (Phi) is 6.67. The van der Waals surface area contributed by atoms with Gasteiger partial charge in [-0.1, -0.05) is 24.3 Å². The Morgan fingerprint density at radius 1 is 0.892 bits per heavy atom. The van der Waals surface area contributed by atoms with Gasteiger partial charge in [-0.15, -0.1) is 0 Å². The molecule has 9 heteroatoms. The van der Waals surface area contributed by atoms with Crippen LogP contribution in [0.25, 0.3) is 11.3 Å². The number of nitrogens with zero attached hydrogens (tertiary/aromatic N) is 5. The van der Waals surface area contributed by atoms with Gasteiger partial charge in [0.25, 0.3) is 5.91 Å². The molecule has 0 spiro atoms. The van der Waals surface area contributed by atoms with E-state index in [1.165, 1.54) is 11.1 Å². The van der Waals surface area contributed by atoms with E-state index in [4.69, 9.17) is 0 Å². The second kappa shape index (κ2) is 10.1. The van der Waals surface area contributed by atoms with Crippen molar-refractivity contribution in [1.29, 1.82) is 0 Å². The summed E-state index contributed by atoms with van der Waals surface area (Å²) < 4.78 is 2.16. The predicted molar refractivity (Wildman–Crippen MR) is 138 cm³/mol. The van der Waals surface area contributed by atoms with Crippen LogP contribution in [0.5, 0.6) is 0 Å². The van der Waals surface area contributed by atoms with E-state index in [1.807, 2.05) is 34.5 Å². The number of fused-ring (bicyclic) bond motifs is 3. The number of carbonyl (C=O) groups is 2. The number of piperidine rings is 2. The van der Waals surface area contributed by atoms with Crippen LogP contribution in [0.15, 0.2) is 36.8 Å². The smallest absolute Gasteiger partial charge is 0.319 e. The lowest BCUT2D eigenvalue weighted by atomic mass is 9.85. The van der Waals surface area contributed by atoms with Crippen LogP contribution in [0.4, 0.5) is 4.79 Å². The monoisotopic (exact) mass is 507 g/mol. The summed E-state index contributed by atoms with van der Waals surface area (Å²) in [5, 5.41) is 22.0. The molecule has 0 radical (unpaired) electrons. The lowest BCUT2D eigenvalue weighted by molar-refractivity contribution is -0.146. The fourth-order valence-corrected chi connectivity index (χ4v) is 6.60. The third-order valence-corrected chi connectivity index (χ3v) is 9.09. The molecule has 0 bridgehead atoms. The van der Waals surface area contributed by atoms with Crippen LogP contribution in [0.1, 0.15) is 50.1 Å². The summed E-state index contributed by atoms with van der Waals surface area (Å²) in [4.78, 5) is 35.3. The maximum Gasteiger partial charge on any atom is 0.319 e. The largest absolute Gasteiger partial charge is 0.393 e.